The number of aliphatic hydroxyl groups excluding tert-OH is 1. The van der Waals surface area contributed by atoms with E-state index in [4.69, 9.17) is 0 Å². The summed E-state index contributed by atoms with van der Waals surface area (Å²) in [6.07, 6.45) is 0.749. The first-order valence-corrected chi connectivity index (χ1v) is 3.96. The molecule has 0 aliphatic rings. The van der Waals surface area contributed by atoms with E-state index in [0.29, 0.717) is 5.57 Å². The summed E-state index contributed by atoms with van der Waals surface area (Å²) in [6.45, 7) is 5.47. The number of hydrogen-bond donors (Lipinski definition) is 1. The third-order valence-electron chi connectivity index (χ3n) is 1.63. The Morgan fingerprint density at radius 2 is 1.92 bits per heavy atom. The fraction of sp³-hybridized carbons (Fsp3) is 0.667. The molecular weight excluding hydrogens is 156 g/mol. The van der Waals surface area contributed by atoms with Gasteiger partial charge in [-0.3, -0.25) is 0 Å². The van der Waals surface area contributed by atoms with Crippen LogP contribution in [-0.4, -0.2) is 24.3 Å². The Hall–Kier alpha value is -0.830. The number of hydrogen-bond acceptors (Lipinski definition) is 3. The highest BCUT2D eigenvalue weighted by molar-refractivity contribution is 5.82. The van der Waals surface area contributed by atoms with Crippen molar-refractivity contribution < 1.29 is 14.6 Å². The average Bonchev–Trinajstić information content (AvgIpc) is 1.98. The predicted octanol–water partition coefficient (Wildman–Crippen LogP) is 1.12. The van der Waals surface area contributed by atoms with Crippen molar-refractivity contribution in [3.8, 4) is 0 Å². The maximum Gasteiger partial charge on any atom is 0.330 e. The second-order valence-electron chi connectivity index (χ2n) is 3.00. The highest BCUT2D eigenvalue weighted by Crippen LogP contribution is 2.13. The van der Waals surface area contributed by atoms with Gasteiger partial charge in [0, 0.05) is 6.08 Å². The Labute approximate surface area is 73.0 Å². The first kappa shape index (κ1) is 11.2. The molecule has 0 fully saturated rings. The van der Waals surface area contributed by atoms with E-state index in [9.17, 15) is 9.90 Å². The van der Waals surface area contributed by atoms with Crippen molar-refractivity contribution in [1.29, 1.82) is 0 Å². The molecule has 0 aliphatic carbocycles. The molecule has 12 heavy (non-hydrogen) atoms. The van der Waals surface area contributed by atoms with Crippen LogP contribution < -0.4 is 0 Å². The second-order valence-corrected chi connectivity index (χ2v) is 3.00. The Morgan fingerprint density at radius 1 is 1.42 bits per heavy atom. The molecule has 0 rings (SSSR count). The lowest BCUT2D eigenvalue weighted by molar-refractivity contribution is -0.135. The number of carbonyl (C=O) groups excluding carboxylic acids is 1. The smallest absolute Gasteiger partial charge is 0.330 e. The maximum absolute atomic E-state index is 10.8. The fourth-order valence-corrected chi connectivity index (χ4v) is 0.965. The lowest BCUT2D eigenvalue weighted by Gasteiger charge is -2.13. The topological polar surface area (TPSA) is 46.5 Å². The molecule has 0 saturated heterocycles. The van der Waals surface area contributed by atoms with Crippen LogP contribution in [0.15, 0.2) is 11.6 Å². The largest absolute Gasteiger partial charge is 0.466 e. The number of rotatable bonds is 3. The number of ether oxygens (including phenoxy) is 1. The molecule has 1 N–H and O–H groups in total. The third-order valence-corrected chi connectivity index (χ3v) is 1.63. The number of methoxy groups -OCH3 is 1. The molecule has 0 amide bonds. The van der Waals surface area contributed by atoms with Crippen LogP contribution in [0.3, 0.4) is 0 Å². The molecule has 0 aromatic heterocycles. The van der Waals surface area contributed by atoms with Gasteiger partial charge in [-0.2, -0.15) is 0 Å². The molecule has 1 atom stereocenters. The average molecular weight is 172 g/mol. The van der Waals surface area contributed by atoms with Gasteiger partial charge in [-0.25, -0.2) is 4.79 Å². The number of carbonyl (C=O) groups is 1. The Balaban J connectivity index is 4.50. The van der Waals surface area contributed by atoms with Crippen molar-refractivity contribution in [2.24, 2.45) is 5.92 Å². The summed E-state index contributed by atoms with van der Waals surface area (Å²) in [7, 11) is 1.32. The zero-order valence-corrected chi connectivity index (χ0v) is 8.00. The van der Waals surface area contributed by atoms with E-state index in [2.05, 4.69) is 4.74 Å². The molecule has 70 valence electrons. The number of aliphatic hydroxyl groups is 1. The molecule has 0 radical (unpaired) electrons. The van der Waals surface area contributed by atoms with Crippen molar-refractivity contribution in [2.45, 2.75) is 26.9 Å². The summed E-state index contributed by atoms with van der Waals surface area (Å²) < 4.78 is 4.45. The van der Waals surface area contributed by atoms with E-state index < -0.39 is 12.1 Å². The number of esters is 1. The third kappa shape index (κ3) is 3.53. The molecule has 0 heterocycles. The molecule has 1 unspecified atom stereocenters. The standard InChI is InChI=1S/C9H16O3/c1-6(2)8(7(3)10)5-9(11)12-4/h5-7,10H,1-4H3/b8-5+. The van der Waals surface area contributed by atoms with E-state index in [0.717, 1.165) is 0 Å². The molecular formula is C9H16O3. The van der Waals surface area contributed by atoms with Crippen molar-refractivity contribution in [1.82, 2.24) is 0 Å². The molecule has 0 bridgehead atoms. The van der Waals surface area contributed by atoms with Gasteiger partial charge in [0.1, 0.15) is 0 Å². The van der Waals surface area contributed by atoms with E-state index in [1.54, 1.807) is 6.92 Å². The summed E-state index contributed by atoms with van der Waals surface area (Å²) >= 11 is 0. The first-order valence-electron chi connectivity index (χ1n) is 3.96. The van der Waals surface area contributed by atoms with Crippen molar-refractivity contribution in [3.63, 3.8) is 0 Å². The van der Waals surface area contributed by atoms with Crippen LogP contribution in [0.4, 0.5) is 0 Å². The Bertz CT molecular complexity index is 170. The van der Waals surface area contributed by atoms with E-state index in [1.165, 1.54) is 13.2 Å². The van der Waals surface area contributed by atoms with Gasteiger partial charge in [-0.15, -0.1) is 0 Å². The van der Waals surface area contributed by atoms with Crippen LogP contribution in [0.2, 0.25) is 0 Å². The second kappa shape index (κ2) is 4.93. The van der Waals surface area contributed by atoms with E-state index in [-0.39, 0.29) is 5.92 Å². The highest BCUT2D eigenvalue weighted by Gasteiger charge is 2.11. The Kier molecular flexibility index (Phi) is 4.59. The van der Waals surface area contributed by atoms with Gasteiger partial charge in [0.2, 0.25) is 0 Å². The monoisotopic (exact) mass is 172 g/mol. The minimum absolute atomic E-state index is 0.157. The Morgan fingerprint density at radius 3 is 2.17 bits per heavy atom. The molecule has 0 aromatic carbocycles. The molecule has 3 nitrogen and oxygen atoms in total. The zero-order valence-electron chi connectivity index (χ0n) is 8.00. The summed E-state index contributed by atoms with van der Waals surface area (Å²) in [5.74, 6) is -0.260. The molecule has 0 aliphatic heterocycles. The molecule has 3 heteroatoms. The van der Waals surface area contributed by atoms with Gasteiger partial charge in [-0.05, 0) is 18.4 Å². The normalized spacial score (nSPS) is 14.7. The highest BCUT2D eigenvalue weighted by atomic mass is 16.5. The van der Waals surface area contributed by atoms with Crippen molar-refractivity contribution >= 4 is 5.97 Å². The van der Waals surface area contributed by atoms with Crippen LogP contribution in [0.25, 0.3) is 0 Å². The van der Waals surface area contributed by atoms with Gasteiger partial charge in [0.25, 0.3) is 0 Å². The lowest BCUT2D eigenvalue weighted by Crippen LogP contribution is -2.12. The van der Waals surface area contributed by atoms with E-state index in [1.807, 2.05) is 13.8 Å². The molecule has 0 saturated carbocycles. The molecule has 0 aromatic rings. The van der Waals surface area contributed by atoms with Crippen LogP contribution in [0, 0.1) is 5.92 Å². The first-order chi connectivity index (χ1) is 5.49. The fourth-order valence-electron chi connectivity index (χ4n) is 0.965. The minimum atomic E-state index is -0.593. The lowest BCUT2D eigenvalue weighted by atomic mass is 9.98. The zero-order chi connectivity index (χ0) is 9.72. The summed E-state index contributed by atoms with van der Waals surface area (Å²) in [6, 6.07) is 0. The summed E-state index contributed by atoms with van der Waals surface area (Å²) in [5, 5.41) is 9.25. The van der Waals surface area contributed by atoms with Crippen LogP contribution in [0.5, 0.6) is 0 Å². The van der Waals surface area contributed by atoms with Crippen LogP contribution >= 0.6 is 0 Å². The van der Waals surface area contributed by atoms with E-state index >= 15 is 0 Å². The minimum Gasteiger partial charge on any atom is -0.466 e. The summed E-state index contributed by atoms with van der Waals surface area (Å²) in [5.41, 5.74) is 0.696. The van der Waals surface area contributed by atoms with Crippen LogP contribution in [0.1, 0.15) is 20.8 Å². The van der Waals surface area contributed by atoms with Gasteiger partial charge >= 0.3 is 5.97 Å². The quantitative estimate of drug-likeness (QED) is 0.512. The van der Waals surface area contributed by atoms with Gasteiger partial charge in [-0.1, -0.05) is 13.8 Å². The van der Waals surface area contributed by atoms with Crippen LogP contribution in [-0.2, 0) is 9.53 Å². The van der Waals surface area contributed by atoms with Crippen molar-refractivity contribution in [3.05, 3.63) is 11.6 Å². The summed E-state index contributed by atoms with van der Waals surface area (Å²) in [4.78, 5) is 10.8. The predicted molar refractivity (Wildman–Crippen MR) is 46.6 cm³/mol. The van der Waals surface area contributed by atoms with Crippen molar-refractivity contribution in [2.75, 3.05) is 7.11 Å². The van der Waals surface area contributed by atoms with Gasteiger partial charge < -0.3 is 9.84 Å². The SMILES string of the molecule is COC(=O)/C=C(\C(C)C)C(C)O. The van der Waals surface area contributed by atoms with Gasteiger partial charge in [0.15, 0.2) is 0 Å². The molecule has 0 spiro atoms. The maximum atomic E-state index is 10.8. The van der Waals surface area contributed by atoms with Gasteiger partial charge in [0.05, 0.1) is 13.2 Å².